The molecule has 17 heavy (non-hydrogen) atoms. The molecular formula is C15H31NO. The highest BCUT2D eigenvalue weighted by Crippen LogP contribution is 2.21. The lowest BCUT2D eigenvalue weighted by molar-refractivity contribution is -0.00482. The van der Waals surface area contributed by atoms with Crippen molar-refractivity contribution in [1.29, 1.82) is 0 Å². The number of rotatable bonds is 6. The van der Waals surface area contributed by atoms with Crippen LogP contribution in [0.15, 0.2) is 0 Å². The quantitative estimate of drug-likeness (QED) is 0.764. The third-order valence-electron chi connectivity index (χ3n) is 4.27. The maximum Gasteiger partial charge on any atom is 0.0728 e. The average Bonchev–Trinajstić information content (AvgIpc) is 2.33. The van der Waals surface area contributed by atoms with Gasteiger partial charge in [-0.3, -0.25) is 0 Å². The lowest BCUT2D eigenvalue weighted by Crippen LogP contribution is -2.40. The van der Waals surface area contributed by atoms with Crippen LogP contribution < -0.4 is 5.32 Å². The standard InChI is InChI=1S/C15H31NO/c1-4-13(5-2)12-17-15-11-9-7-6-8-10-14(15)16-3/h13-16H,4-12H2,1-3H3. The van der Waals surface area contributed by atoms with E-state index >= 15 is 0 Å². The lowest BCUT2D eigenvalue weighted by Gasteiger charge is -2.30. The van der Waals surface area contributed by atoms with Gasteiger partial charge in [0, 0.05) is 12.6 Å². The smallest absolute Gasteiger partial charge is 0.0728 e. The largest absolute Gasteiger partial charge is 0.376 e. The second-order valence-corrected chi connectivity index (χ2v) is 5.44. The fraction of sp³-hybridized carbons (Fsp3) is 1.00. The summed E-state index contributed by atoms with van der Waals surface area (Å²) in [6.07, 6.45) is 10.9. The summed E-state index contributed by atoms with van der Waals surface area (Å²) in [7, 11) is 2.08. The molecule has 1 aliphatic rings. The number of ether oxygens (including phenoxy) is 1. The zero-order chi connectivity index (χ0) is 12.5. The van der Waals surface area contributed by atoms with E-state index in [9.17, 15) is 0 Å². The predicted molar refractivity (Wildman–Crippen MR) is 74.4 cm³/mol. The minimum absolute atomic E-state index is 0.445. The van der Waals surface area contributed by atoms with E-state index < -0.39 is 0 Å². The summed E-state index contributed by atoms with van der Waals surface area (Å²) in [6, 6.07) is 0.574. The van der Waals surface area contributed by atoms with Crippen molar-refractivity contribution < 1.29 is 4.74 Å². The van der Waals surface area contributed by atoms with Crippen LogP contribution in [0.3, 0.4) is 0 Å². The van der Waals surface area contributed by atoms with Gasteiger partial charge in [0.1, 0.15) is 0 Å². The van der Waals surface area contributed by atoms with Gasteiger partial charge in [0.2, 0.25) is 0 Å². The molecule has 1 fully saturated rings. The molecule has 0 aliphatic heterocycles. The molecule has 0 aromatic heterocycles. The van der Waals surface area contributed by atoms with Crippen molar-refractivity contribution in [1.82, 2.24) is 5.32 Å². The van der Waals surface area contributed by atoms with E-state index in [0.717, 1.165) is 12.5 Å². The first-order valence-corrected chi connectivity index (χ1v) is 7.60. The third-order valence-corrected chi connectivity index (χ3v) is 4.27. The Morgan fingerprint density at radius 3 is 2.29 bits per heavy atom. The minimum Gasteiger partial charge on any atom is -0.376 e. The summed E-state index contributed by atoms with van der Waals surface area (Å²) >= 11 is 0. The van der Waals surface area contributed by atoms with E-state index in [1.165, 1.54) is 51.4 Å². The Morgan fingerprint density at radius 1 is 1.06 bits per heavy atom. The van der Waals surface area contributed by atoms with Gasteiger partial charge < -0.3 is 10.1 Å². The molecule has 1 saturated carbocycles. The molecular weight excluding hydrogens is 210 g/mol. The highest BCUT2D eigenvalue weighted by atomic mass is 16.5. The second kappa shape index (κ2) is 8.93. The SMILES string of the molecule is CCC(CC)COC1CCCCCCC1NC. The normalized spacial score (nSPS) is 26.8. The van der Waals surface area contributed by atoms with Gasteiger partial charge in [-0.15, -0.1) is 0 Å². The van der Waals surface area contributed by atoms with Crippen LogP contribution in [0.1, 0.15) is 65.2 Å². The number of hydrogen-bond donors (Lipinski definition) is 1. The van der Waals surface area contributed by atoms with Gasteiger partial charge in [-0.1, -0.05) is 52.4 Å². The minimum atomic E-state index is 0.445. The molecule has 0 radical (unpaired) electrons. The molecule has 0 heterocycles. The lowest BCUT2D eigenvalue weighted by atomic mass is 9.94. The highest BCUT2D eigenvalue weighted by molar-refractivity contribution is 4.78. The van der Waals surface area contributed by atoms with Crippen molar-refractivity contribution in [3.05, 3.63) is 0 Å². The first-order valence-electron chi connectivity index (χ1n) is 7.60. The Labute approximate surface area is 108 Å². The van der Waals surface area contributed by atoms with Gasteiger partial charge in [0.15, 0.2) is 0 Å². The molecule has 0 bridgehead atoms. The maximum absolute atomic E-state index is 6.20. The predicted octanol–water partition coefficient (Wildman–Crippen LogP) is 3.75. The molecule has 0 saturated heterocycles. The van der Waals surface area contributed by atoms with Crippen molar-refractivity contribution in [2.75, 3.05) is 13.7 Å². The van der Waals surface area contributed by atoms with Crippen LogP contribution in [0.5, 0.6) is 0 Å². The van der Waals surface area contributed by atoms with E-state index in [2.05, 4.69) is 26.2 Å². The van der Waals surface area contributed by atoms with Crippen molar-refractivity contribution in [3.8, 4) is 0 Å². The van der Waals surface area contributed by atoms with Gasteiger partial charge in [0.05, 0.1) is 6.10 Å². The van der Waals surface area contributed by atoms with E-state index in [4.69, 9.17) is 4.74 Å². The summed E-state index contributed by atoms with van der Waals surface area (Å²) < 4.78 is 6.20. The molecule has 2 unspecified atom stereocenters. The fourth-order valence-corrected chi connectivity index (χ4v) is 2.76. The molecule has 1 rings (SSSR count). The van der Waals surface area contributed by atoms with Crippen LogP contribution in [0.2, 0.25) is 0 Å². The third kappa shape index (κ3) is 5.39. The van der Waals surface area contributed by atoms with Crippen LogP contribution in [-0.2, 0) is 4.74 Å². The van der Waals surface area contributed by atoms with Crippen molar-refractivity contribution in [2.45, 2.75) is 77.4 Å². The Kier molecular flexibility index (Phi) is 7.87. The first kappa shape index (κ1) is 15.0. The van der Waals surface area contributed by atoms with Crippen molar-refractivity contribution in [3.63, 3.8) is 0 Å². The molecule has 1 aliphatic carbocycles. The Balaban J connectivity index is 2.39. The summed E-state index contributed by atoms with van der Waals surface area (Å²) in [5.74, 6) is 0.748. The number of likely N-dealkylation sites (N-methyl/N-ethyl adjacent to an activating group) is 1. The molecule has 2 atom stereocenters. The number of nitrogens with one attached hydrogen (secondary N) is 1. The van der Waals surface area contributed by atoms with E-state index in [-0.39, 0.29) is 0 Å². The Bertz CT molecular complexity index is 180. The second-order valence-electron chi connectivity index (χ2n) is 5.44. The highest BCUT2D eigenvalue weighted by Gasteiger charge is 2.22. The van der Waals surface area contributed by atoms with Gasteiger partial charge >= 0.3 is 0 Å². The first-order chi connectivity index (χ1) is 8.31. The van der Waals surface area contributed by atoms with Gasteiger partial charge in [-0.25, -0.2) is 0 Å². The van der Waals surface area contributed by atoms with Crippen LogP contribution in [0, 0.1) is 5.92 Å². The van der Waals surface area contributed by atoms with Crippen LogP contribution in [0.4, 0.5) is 0 Å². The van der Waals surface area contributed by atoms with Gasteiger partial charge in [-0.2, -0.15) is 0 Å². The van der Waals surface area contributed by atoms with Crippen LogP contribution in [-0.4, -0.2) is 25.8 Å². The molecule has 0 spiro atoms. The average molecular weight is 241 g/mol. The fourth-order valence-electron chi connectivity index (χ4n) is 2.76. The monoisotopic (exact) mass is 241 g/mol. The van der Waals surface area contributed by atoms with E-state index in [1.807, 2.05) is 0 Å². The molecule has 0 aromatic rings. The van der Waals surface area contributed by atoms with Gasteiger partial charge in [-0.05, 0) is 25.8 Å². The van der Waals surface area contributed by atoms with Crippen molar-refractivity contribution >= 4 is 0 Å². The maximum atomic E-state index is 6.20. The molecule has 2 heteroatoms. The van der Waals surface area contributed by atoms with Gasteiger partial charge in [0.25, 0.3) is 0 Å². The zero-order valence-electron chi connectivity index (χ0n) is 12.0. The molecule has 0 aromatic carbocycles. The molecule has 1 N–H and O–H groups in total. The Morgan fingerprint density at radius 2 is 1.71 bits per heavy atom. The molecule has 102 valence electrons. The zero-order valence-corrected chi connectivity index (χ0v) is 12.0. The van der Waals surface area contributed by atoms with Crippen LogP contribution >= 0.6 is 0 Å². The summed E-state index contributed by atoms with van der Waals surface area (Å²) in [5.41, 5.74) is 0. The van der Waals surface area contributed by atoms with E-state index in [0.29, 0.717) is 12.1 Å². The topological polar surface area (TPSA) is 21.3 Å². The van der Waals surface area contributed by atoms with Crippen LogP contribution in [0.25, 0.3) is 0 Å². The molecule has 0 amide bonds. The van der Waals surface area contributed by atoms with Crippen molar-refractivity contribution in [2.24, 2.45) is 5.92 Å². The Hall–Kier alpha value is -0.0800. The molecule has 2 nitrogen and oxygen atoms in total. The summed E-state index contributed by atoms with van der Waals surface area (Å²) in [4.78, 5) is 0. The summed E-state index contributed by atoms with van der Waals surface area (Å²) in [6.45, 7) is 5.49. The van der Waals surface area contributed by atoms with E-state index in [1.54, 1.807) is 0 Å². The number of hydrogen-bond acceptors (Lipinski definition) is 2. The summed E-state index contributed by atoms with van der Waals surface area (Å²) in [5, 5.41) is 3.46.